The largest absolute Gasteiger partial charge is 0.487 e. The van der Waals surface area contributed by atoms with E-state index in [0.717, 1.165) is 31.0 Å². The Labute approximate surface area is 116 Å². The molecule has 0 bridgehead atoms. The number of hydrogen-bond acceptors (Lipinski definition) is 4. The number of hydrogen-bond donors (Lipinski definition) is 2. The predicted molar refractivity (Wildman–Crippen MR) is 78.6 cm³/mol. The molecular formula is C15H26N2O2. The quantitative estimate of drug-likeness (QED) is 0.759. The van der Waals surface area contributed by atoms with Crippen LogP contribution in [0, 0.1) is 5.41 Å². The van der Waals surface area contributed by atoms with Gasteiger partial charge in [0.2, 0.25) is 0 Å². The summed E-state index contributed by atoms with van der Waals surface area (Å²) in [5.41, 5.74) is 0.120. The SMILES string of the molecule is CC(C)Oc1cccnc1NCC(C)(C)CCCO. The van der Waals surface area contributed by atoms with Gasteiger partial charge >= 0.3 is 0 Å². The van der Waals surface area contributed by atoms with Gasteiger partial charge in [-0.1, -0.05) is 13.8 Å². The highest BCUT2D eigenvalue weighted by Gasteiger charge is 2.18. The molecule has 4 nitrogen and oxygen atoms in total. The highest BCUT2D eigenvalue weighted by atomic mass is 16.5. The lowest BCUT2D eigenvalue weighted by atomic mass is 9.88. The van der Waals surface area contributed by atoms with Gasteiger partial charge in [0.25, 0.3) is 0 Å². The van der Waals surface area contributed by atoms with Crippen molar-refractivity contribution in [2.75, 3.05) is 18.5 Å². The molecule has 0 fully saturated rings. The Balaban J connectivity index is 2.61. The van der Waals surface area contributed by atoms with Gasteiger partial charge in [-0.05, 0) is 44.2 Å². The van der Waals surface area contributed by atoms with Crippen molar-refractivity contribution in [1.82, 2.24) is 4.98 Å². The van der Waals surface area contributed by atoms with E-state index in [2.05, 4.69) is 24.1 Å². The summed E-state index contributed by atoms with van der Waals surface area (Å²) >= 11 is 0. The Kier molecular flexibility index (Phi) is 6.09. The zero-order valence-corrected chi connectivity index (χ0v) is 12.4. The van der Waals surface area contributed by atoms with Crippen LogP contribution >= 0.6 is 0 Å². The van der Waals surface area contributed by atoms with Crippen LogP contribution in [-0.2, 0) is 0 Å². The Hall–Kier alpha value is -1.29. The summed E-state index contributed by atoms with van der Waals surface area (Å²) in [4.78, 5) is 4.33. The maximum absolute atomic E-state index is 8.91. The molecule has 2 N–H and O–H groups in total. The van der Waals surface area contributed by atoms with Crippen molar-refractivity contribution >= 4 is 5.82 Å². The van der Waals surface area contributed by atoms with Crippen molar-refractivity contribution < 1.29 is 9.84 Å². The Morgan fingerprint density at radius 1 is 1.42 bits per heavy atom. The first kappa shape index (κ1) is 15.8. The Bertz CT molecular complexity index is 378. The van der Waals surface area contributed by atoms with Gasteiger partial charge in [-0.3, -0.25) is 0 Å². The maximum Gasteiger partial charge on any atom is 0.168 e. The van der Waals surface area contributed by atoms with E-state index >= 15 is 0 Å². The van der Waals surface area contributed by atoms with E-state index in [0.29, 0.717) is 0 Å². The second-order valence-electron chi connectivity index (χ2n) is 5.86. The lowest BCUT2D eigenvalue weighted by Crippen LogP contribution is -2.24. The fourth-order valence-electron chi connectivity index (χ4n) is 1.84. The Morgan fingerprint density at radius 3 is 2.79 bits per heavy atom. The van der Waals surface area contributed by atoms with Gasteiger partial charge in [0, 0.05) is 19.3 Å². The third-order valence-corrected chi connectivity index (χ3v) is 2.88. The van der Waals surface area contributed by atoms with Crippen molar-refractivity contribution in [3.05, 3.63) is 18.3 Å². The second kappa shape index (κ2) is 7.34. The molecule has 0 atom stereocenters. The Morgan fingerprint density at radius 2 is 2.16 bits per heavy atom. The monoisotopic (exact) mass is 266 g/mol. The standard InChI is InChI=1S/C15H26N2O2/c1-12(2)19-13-7-5-9-16-14(13)17-11-15(3,4)8-6-10-18/h5,7,9,12,18H,6,8,10-11H2,1-4H3,(H,16,17). The molecule has 1 heterocycles. The molecule has 0 aliphatic heterocycles. The third-order valence-electron chi connectivity index (χ3n) is 2.88. The van der Waals surface area contributed by atoms with Gasteiger partial charge in [-0.2, -0.15) is 0 Å². The lowest BCUT2D eigenvalue weighted by molar-refractivity contribution is 0.240. The first-order valence-electron chi connectivity index (χ1n) is 6.91. The van der Waals surface area contributed by atoms with Gasteiger partial charge in [0.15, 0.2) is 11.6 Å². The van der Waals surface area contributed by atoms with Crippen LogP contribution in [0.1, 0.15) is 40.5 Å². The summed E-state index contributed by atoms with van der Waals surface area (Å²) in [5.74, 6) is 1.57. The topological polar surface area (TPSA) is 54.4 Å². The smallest absolute Gasteiger partial charge is 0.168 e. The van der Waals surface area contributed by atoms with E-state index < -0.39 is 0 Å². The van der Waals surface area contributed by atoms with Gasteiger partial charge in [-0.15, -0.1) is 0 Å². The minimum Gasteiger partial charge on any atom is -0.487 e. The van der Waals surface area contributed by atoms with Crippen LogP contribution in [0.2, 0.25) is 0 Å². The van der Waals surface area contributed by atoms with Crippen LogP contribution in [0.3, 0.4) is 0 Å². The van der Waals surface area contributed by atoms with E-state index in [4.69, 9.17) is 9.84 Å². The zero-order valence-electron chi connectivity index (χ0n) is 12.4. The molecule has 0 aliphatic carbocycles. The summed E-state index contributed by atoms with van der Waals surface area (Å²) < 4.78 is 5.73. The summed E-state index contributed by atoms with van der Waals surface area (Å²) in [6.45, 7) is 9.42. The zero-order chi connectivity index (χ0) is 14.3. The van der Waals surface area contributed by atoms with Gasteiger partial charge in [-0.25, -0.2) is 4.98 Å². The molecule has 1 aromatic rings. The number of rotatable bonds is 8. The highest BCUT2D eigenvalue weighted by Crippen LogP contribution is 2.26. The molecule has 19 heavy (non-hydrogen) atoms. The molecule has 0 unspecified atom stereocenters. The average molecular weight is 266 g/mol. The number of anilines is 1. The van der Waals surface area contributed by atoms with E-state index in [1.807, 2.05) is 26.0 Å². The lowest BCUT2D eigenvalue weighted by Gasteiger charge is -2.25. The number of ether oxygens (including phenoxy) is 1. The molecular weight excluding hydrogens is 240 g/mol. The van der Waals surface area contributed by atoms with Crippen molar-refractivity contribution in [3.8, 4) is 5.75 Å². The fourth-order valence-corrected chi connectivity index (χ4v) is 1.84. The van der Waals surface area contributed by atoms with Crippen LogP contribution in [0.4, 0.5) is 5.82 Å². The van der Waals surface area contributed by atoms with Crippen molar-refractivity contribution in [3.63, 3.8) is 0 Å². The van der Waals surface area contributed by atoms with Crippen molar-refractivity contribution in [2.24, 2.45) is 5.41 Å². The van der Waals surface area contributed by atoms with E-state index in [-0.39, 0.29) is 18.1 Å². The second-order valence-corrected chi connectivity index (χ2v) is 5.86. The van der Waals surface area contributed by atoms with Gasteiger partial charge in [0.05, 0.1) is 6.10 Å². The normalized spacial score (nSPS) is 11.7. The van der Waals surface area contributed by atoms with E-state index in [1.54, 1.807) is 6.20 Å². The van der Waals surface area contributed by atoms with Crippen LogP contribution < -0.4 is 10.1 Å². The molecule has 0 aromatic carbocycles. The summed E-state index contributed by atoms with van der Waals surface area (Å²) in [6, 6.07) is 3.80. The van der Waals surface area contributed by atoms with E-state index in [1.165, 1.54) is 0 Å². The number of aliphatic hydroxyl groups excluding tert-OH is 1. The molecule has 0 radical (unpaired) electrons. The molecule has 1 rings (SSSR count). The molecule has 0 saturated heterocycles. The number of aromatic nitrogens is 1. The minimum absolute atomic E-state index is 0.120. The maximum atomic E-state index is 8.91. The van der Waals surface area contributed by atoms with Crippen molar-refractivity contribution in [2.45, 2.75) is 46.6 Å². The summed E-state index contributed by atoms with van der Waals surface area (Å²) in [5, 5.41) is 12.3. The van der Waals surface area contributed by atoms with Crippen molar-refractivity contribution in [1.29, 1.82) is 0 Å². The minimum atomic E-state index is 0.120. The molecule has 4 heteroatoms. The number of nitrogens with one attached hydrogen (secondary N) is 1. The highest BCUT2D eigenvalue weighted by molar-refractivity contribution is 5.49. The van der Waals surface area contributed by atoms with Crippen LogP contribution in [0.15, 0.2) is 18.3 Å². The van der Waals surface area contributed by atoms with Crippen LogP contribution in [0.5, 0.6) is 5.75 Å². The van der Waals surface area contributed by atoms with Crippen LogP contribution in [-0.4, -0.2) is 29.3 Å². The molecule has 0 saturated carbocycles. The molecule has 0 amide bonds. The summed E-state index contributed by atoms with van der Waals surface area (Å²) in [7, 11) is 0. The first-order chi connectivity index (χ1) is 8.94. The number of nitrogens with zero attached hydrogens (tertiary/aromatic N) is 1. The summed E-state index contributed by atoms with van der Waals surface area (Å²) in [6.07, 6.45) is 3.69. The first-order valence-corrected chi connectivity index (χ1v) is 6.91. The number of aliphatic hydroxyl groups is 1. The number of pyridine rings is 1. The van der Waals surface area contributed by atoms with Gasteiger partial charge < -0.3 is 15.2 Å². The average Bonchev–Trinajstić information content (AvgIpc) is 2.35. The molecule has 0 aliphatic rings. The molecule has 1 aromatic heterocycles. The molecule has 0 spiro atoms. The fraction of sp³-hybridized carbons (Fsp3) is 0.667. The van der Waals surface area contributed by atoms with Crippen LogP contribution in [0.25, 0.3) is 0 Å². The molecule has 108 valence electrons. The predicted octanol–water partition coefficient (Wildman–Crippen LogP) is 3.08. The third kappa shape index (κ3) is 5.92. The van der Waals surface area contributed by atoms with Gasteiger partial charge in [0.1, 0.15) is 0 Å². The van der Waals surface area contributed by atoms with E-state index in [9.17, 15) is 0 Å².